The summed E-state index contributed by atoms with van der Waals surface area (Å²) in [7, 11) is 0. The molecule has 0 saturated carbocycles. The number of anilines is 2. The molecule has 0 fully saturated rings. The Bertz CT molecular complexity index is 3800. The number of allylic oxidation sites excluding steroid dienone is 4. The van der Waals surface area contributed by atoms with Gasteiger partial charge in [0.15, 0.2) is 0 Å². The molecule has 68 heavy (non-hydrogen) atoms. The van der Waals surface area contributed by atoms with Gasteiger partial charge in [-0.3, -0.25) is 0 Å². The lowest BCUT2D eigenvalue weighted by molar-refractivity contribution is 0.571. The minimum Gasteiger partial charge on any atom is -0.456 e. The Kier molecular flexibility index (Phi) is 10.2. The maximum absolute atomic E-state index is 6.47. The van der Waals surface area contributed by atoms with Crippen LogP contribution in [-0.2, 0) is 5.41 Å². The first kappa shape index (κ1) is 41.5. The van der Waals surface area contributed by atoms with E-state index >= 15 is 0 Å². The van der Waals surface area contributed by atoms with Crippen LogP contribution in [0.4, 0.5) is 11.4 Å². The van der Waals surface area contributed by atoms with Crippen molar-refractivity contribution in [1.29, 1.82) is 0 Å². The van der Waals surface area contributed by atoms with Crippen LogP contribution in [0.5, 0.6) is 0 Å². The van der Waals surface area contributed by atoms with E-state index in [1.807, 2.05) is 19.9 Å². The molecule has 0 unspecified atom stereocenters. The molecule has 0 spiro atoms. The predicted molar refractivity (Wildman–Crippen MR) is 286 cm³/mol. The number of benzene rings is 8. The molecule has 13 rings (SSSR count). The monoisotopic (exact) mass is 879 g/mol. The van der Waals surface area contributed by atoms with Gasteiger partial charge >= 0.3 is 0 Å². The molecule has 0 atom stereocenters. The highest BCUT2D eigenvalue weighted by Gasteiger charge is 2.35. The summed E-state index contributed by atoms with van der Waals surface area (Å²) in [4.78, 5) is 2.45. The van der Waals surface area contributed by atoms with Crippen molar-refractivity contribution in [3.05, 3.63) is 221 Å². The van der Waals surface area contributed by atoms with E-state index in [1.165, 1.54) is 71.9 Å². The average Bonchev–Trinajstić information content (AvgIpc) is 4.05. The summed E-state index contributed by atoms with van der Waals surface area (Å²) in [6.07, 6.45) is 13.1. The Labute approximate surface area is 398 Å². The van der Waals surface area contributed by atoms with Crippen LogP contribution in [0.2, 0.25) is 0 Å². The lowest BCUT2D eigenvalue weighted by atomic mass is 9.82. The number of para-hydroxylation sites is 2. The van der Waals surface area contributed by atoms with Gasteiger partial charge in [0.2, 0.25) is 0 Å². The summed E-state index contributed by atoms with van der Waals surface area (Å²) in [6, 6.07) is 64.5. The summed E-state index contributed by atoms with van der Waals surface area (Å²) in [5.41, 5.74) is 22.3. The molecule has 0 radical (unpaired) electrons. The zero-order chi connectivity index (χ0) is 45.9. The largest absolute Gasteiger partial charge is 0.456 e. The van der Waals surface area contributed by atoms with E-state index in [9.17, 15) is 0 Å². The number of nitrogens with zero attached hydrogens (tertiary/aromatic N) is 1. The minimum atomic E-state index is -0.0156. The van der Waals surface area contributed by atoms with Crippen LogP contribution in [0.3, 0.4) is 0 Å². The first-order chi connectivity index (χ1) is 33.4. The third kappa shape index (κ3) is 6.96. The van der Waals surface area contributed by atoms with E-state index in [1.54, 1.807) is 0 Å². The number of furan rings is 2. The molecule has 3 heteroatoms. The summed E-state index contributed by atoms with van der Waals surface area (Å²) in [6.45, 7) is 8.68. The van der Waals surface area contributed by atoms with E-state index in [-0.39, 0.29) is 5.41 Å². The third-order valence-corrected chi connectivity index (χ3v) is 14.4. The zero-order valence-electron chi connectivity index (χ0n) is 39.1. The fraction of sp³-hybridized carbons (Fsp3) is 0.138. The zero-order valence-corrected chi connectivity index (χ0v) is 39.1. The van der Waals surface area contributed by atoms with Gasteiger partial charge in [0, 0.05) is 49.4 Å². The summed E-state index contributed by atoms with van der Waals surface area (Å²) >= 11 is 0. The molecule has 3 aliphatic carbocycles. The molecule has 0 bridgehead atoms. The molecule has 0 N–H and O–H groups in total. The van der Waals surface area contributed by atoms with Gasteiger partial charge in [0.25, 0.3) is 0 Å². The first-order valence-corrected chi connectivity index (χ1v) is 24.3. The van der Waals surface area contributed by atoms with Crippen molar-refractivity contribution in [2.24, 2.45) is 0 Å². The van der Waals surface area contributed by atoms with E-state index in [0.717, 1.165) is 81.1 Å². The topological polar surface area (TPSA) is 29.5 Å². The van der Waals surface area contributed by atoms with Gasteiger partial charge in [0.05, 0.1) is 0 Å². The molecule has 3 nitrogen and oxygen atoms in total. The number of rotatable bonds is 7. The van der Waals surface area contributed by atoms with Crippen molar-refractivity contribution in [3.63, 3.8) is 0 Å². The summed E-state index contributed by atoms with van der Waals surface area (Å²) < 4.78 is 12.8. The van der Waals surface area contributed by atoms with Gasteiger partial charge in [-0.15, -0.1) is 0 Å². The van der Waals surface area contributed by atoms with Crippen molar-refractivity contribution < 1.29 is 8.83 Å². The van der Waals surface area contributed by atoms with Crippen molar-refractivity contribution in [3.8, 4) is 44.5 Å². The molecule has 0 amide bonds. The molecule has 2 aromatic heterocycles. The van der Waals surface area contributed by atoms with Crippen LogP contribution in [-0.4, -0.2) is 0 Å². The van der Waals surface area contributed by atoms with Crippen LogP contribution in [0.25, 0.3) is 95.1 Å². The smallest absolute Gasteiger partial charge is 0.143 e. The van der Waals surface area contributed by atoms with E-state index < -0.39 is 0 Å². The summed E-state index contributed by atoms with van der Waals surface area (Å²) in [5.74, 6) is 0. The molecule has 330 valence electrons. The average molecular weight is 880 g/mol. The Morgan fingerprint density at radius 2 is 1.12 bits per heavy atom. The number of hydrogen-bond acceptors (Lipinski definition) is 3. The molecular formula is C65H53NO2. The minimum absolute atomic E-state index is 0.0156. The Morgan fingerprint density at radius 1 is 0.441 bits per heavy atom. The first-order valence-electron chi connectivity index (χ1n) is 24.3. The van der Waals surface area contributed by atoms with Crippen molar-refractivity contribution in [1.82, 2.24) is 0 Å². The van der Waals surface area contributed by atoms with Crippen molar-refractivity contribution in [2.75, 3.05) is 4.90 Å². The second kappa shape index (κ2) is 16.8. The highest BCUT2D eigenvalue weighted by Crippen LogP contribution is 2.50. The quantitative estimate of drug-likeness (QED) is 0.160. The molecule has 3 aliphatic rings. The fourth-order valence-corrected chi connectivity index (χ4v) is 11.0. The number of hydrogen-bond donors (Lipinski definition) is 0. The molecule has 0 saturated heterocycles. The SMILES string of the molecule is CC.CC1(C)c2ccccc2-c2cc(-c3cccc(-c4cccc(N(C5=CC=C(c6ccc7c8c(oc7c6)=CCCC=8)CC5)c5ccc(-c6cccc7c6oc6ccccc67)cc5)c4)c3)ccc21. The van der Waals surface area contributed by atoms with Crippen LogP contribution < -0.4 is 15.5 Å². The maximum Gasteiger partial charge on any atom is 0.143 e. The van der Waals surface area contributed by atoms with E-state index in [4.69, 9.17) is 8.83 Å². The third-order valence-electron chi connectivity index (χ3n) is 14.4. The van der Waals surface area contributed by atoms with Gasteiger partial charge in [-0.05, 0) is 154 Å². The van der Waals surface area contributed by atoms with Crippen molar-refractivity contribution in [2.45, 2.75) is 58.8 Å². The second-order valence-electron chi connectivity index (χ2n) is 18.7. The van der Waals surface area contributed by atoms with Crippen molar-refractivity contribution >= 4 is 62.0 Å². The molecule has 0 aliphatic heterocycles. The molecular weight excluding hydrogens is 827 g/mol. The summed E-state index contributed by atoms with van der Waals surface area (Å²) in [5, 5.41) is 4.72. The van der Waals surface area contributed by atoms with Gasteiger partial charge in [0.1, 0.15) is 22.2 Å². The lowest BCUT2D eigenvalue weighted by Crippen LogP contribution is -2.21. The molecule has 10 aromatic rings. The number of fused-ring (bicyclic) bond motifs is 9. The fourth-order valence-electron chi connectivity index (χ4n) is 11.0. The highest BCUT2D eigenvalue weighted by atomic mass is 16.3. The van der Waals surface area contributed by atoms with Crippen LogP contribution in [0.1, 0.15) is 70.1 Å². The van der Waals surface area contributed by atoms with Crippen LogP contribution in [0, 0.1) is 0 Å². The normalized spacial score (nSPS) is 14.5. The van der Waals surface area contributed by atoms with Gasteiger partial charge < -0.3 is 13.7 Å². The molecule has 2 heterocycles. The maximum atomic E-state index is 6.47. The Hall–Kier alpha value is -7.88. The van der Waals surface area contributed by atoms with E-state index in [2.05, 4.69) is 213 Å². The highest BCUT2D eigenvalue weighted by molar-refractivity contribution is 6.09. The van der Waals surface area contributed by atoms with Gasteiger partial charge in [-0.1, -0.05) is 161 Å². The van der Waals surface area contributed by atoms with Crippen LogP contribution in [0.15, 0.2) is 203 Å². The van der Waals surface area contributed by atoms with Gasteiger partial charge in [-0.2, -0.15) is 0 Å². The van der Waals surface area contributed by atoms with Crippen LogP contribution >= 0.6 is 0 Å². The Morgan fingerprint density at radius 3 is 1.96 bits per heavy atom. The molecule has 8 aromatic carbocycles. The predicted octanol–water partition coefficient (Wildman–Crippen LogP) is 16.9. The second-order valence-corrected chi connectivity index (χ2v) is 18.7. The lowest BCUT2D eigenvalue weighted by Gasteiger charge is -2.30. The van der Waals surface area contributed by atoms with Gasteiger partial charge in [-0.25, -0.2) is 0 Å². The standard InChI is InChI=1S/C63H47NO2.C2H6/c1-63(2)57-21-6-3-16-51(57)56-38-45(29-35-58(56)63)43-13-9-12-42(36-43)44-14-10-15-49(37-44)64(47-30-24-40(25-31-47)46-28-34-54-52-17-4-7-22-59(52)65-61(54)39-46)48-32-26-41(27-33-48)50-19-11-20-55-53-18-5-8-23-60(53)66-62(50)55;1-2/h3,5-6,8-24,26-30,32-39H,4,7,25,31H2,1-2H3;1-2H3. The van der Waals surface area contributed by atoms with E-state index in [0.29, 0.717) is 0 Å². The Balaban J connectivity index is 0.00000237.